The van der Waals surface area contributed by atoms with Crippen molar-refractivity contribution in [3.63, 3.8) is 0 Å². The van der Waals surface area contributed by atoms with Gasteiger partial charge in [0.05, 0.1) is 21.5 Å². The number of carbonyl (C=O) groups is 1. The third kappa shape index (κ3) is 2.02. The largest absolute Gasteiger partial charge is 0.298 e. The van der Waals surface area contributed by atoms with Gasteiger partial charge in [0.1, 0.15) is 5.82 Å². The Kier molecular flexibility index (Phi) is 3.11. The van der Waals surface area contributed by atoms with Crippen LogP contribution in [0.4, 0.5) is 4.39 Å². The lowest BCUT2D eigenvalue weighted by molar-refractivity contribution is 0.112. The minimum atomic E-state index is -0.434. The third-order valence-corrected chi connectivity index (χ3v) is 3.70. The van der Waals surface area contributed by atoms with E-state index in [2.05, 4.69) is 21.0 Å². The Balaban J connectivity index is 2.68. The molecule has 0 radical (unpaired) electrons. The molecule has 0 bridgehead atoms. The van der Waals surface area contributed by atoms with Crippen molar-refractivity contribution < 1.29 is 9.18 Å². The Morgan fingerprint density at radius 3 is 2.65 bits per heavy atom. The number of hydrogen-bond donors (Lipinski definition) is 0. The fraction of sp³-hybridized carbons (Fsp3) is 0.167. The molecule has 88 valence electrons. The molecule has 2 aromatic rings. The van der Waals surface area contributed by atoms with Crippen LogP contribution in [0, 0.1) is 19.7 Å². The van der Waals surface area contributed by atoms with Crippen LogP contribution in [0.5, 0.6) is 0 Å². The number of aldehydes is 1. The molecule has 0 amide bonds. The lowest BCUT2D eigenvalue weighted by Crippen LogP contribution is -2.03. The summed E-state index contributed by atoms with van der Waals surface area (Å²) in [5.41, 5.74) is 2.55. The molecule has 0 spiro atoms. The fourth-order valence-corrected chi connectivity index (χ4v) is 1.92. The first-order chi connectivity index (χ1) is 8.04. The molecule has 0 saturated carbocycles. The Morgan fingerprint density at radius 1 is 1.41 bits per heavy atom. The van der Waals surface area contributed by atoms with Crippen molar-refractivity contribution in [2.75, 3.05) is 0 Å². The van der Waals surface area contributed by atoms with Crippen LogP contribution < -0.4 is 0 Å². The number of benzene rings is 1. The standard InChI is InChI=1S/C12H10BrFN2O/c1-7-12(13)8(2)16(15-7)11-4-3-10(14)5-9(11)6-17/h3-6H,1-2H3. The van der Waals surface area contributed by atoms with Gasteiger partial charge in [-0.1, -0.05) is 0 Å². The second-order valence-corrected chi connectivity index (χ2v) is 4.51. The van der Waals surface area contributed by atoms with E-state index in [0.29, 0.717) is 12.0 Å². The third-order valence-electron chi connectivity index (χ3n) is 2.55. The van der Waals surface area contributed by atoms with Crippen LogP contribution in [0.15, 0.2) is 22.7 Å². The Bertz CT molecular complexity index is 592. The maximum atomic E-state index is 13.0. The number of halogens is 2. The van der Waals surface area contributed by atoms with Crippen molar-refractivity contribution in [3.05, 3.63) is 45.4 Å². The van der Waals surface area contributed by atoms with E-state index in [1.165, 1.54) is 12.1 Å². The summed E-state index contributed by atoms with van der Waals surface area (Å²) in [5, 5.41) is 4.31. The molecule has 1 aromatic heterocycles. The summed E-state index contributed by atoms with van der Waals surface area (Å²) in [6, 6.07) is 4.06. The monoisotopic (exact) mass is 296 g/mol. The summed E-state index contributed by atoms with van der Waals surface area (Å²) in [7, 11) is 0. The second-order valence-electron chi connectivity index (χ2n) is 3.72. The topological polar surface area (TPSA) is 34.9 Å². The van der Waals surface area contributed by atoms with Crippen molar-refractivity contribution in [2.24, 2.45) is 0 Å². The number of rotatable bonds is 2. The quantitative estimate of drug-likeness (QED) is 0.798. The molecule has 1 aromatic carbocycles. The molecule has 0 unspecified atom stereocenters. The van der Waals surface area contributed by atoms with Gasteiger partial charge >= 0.3 is 0 Å². The minimum Gasteiger partial charge on any atom is -0.298 e. The second kappa shape index (κ2) is 4.41. The van der Waals surface area contributed by atoms with Gasteiger partial charge in [0.2, 0.25) is 0 Å². The van der Waals surface area contributed by atoms with Gasteiger partial charge in [0.15, 0.2) is 6.29 Å². The SMILES string of the molecule is Cc1nn(-c2ccc(F)cc2C=O)c(C)c1Br. The molecule has 2 rings (SSSR count). The molecule has 0 aliphatic heterocycles. The summed E-state index contributed by atoms with van der Waals surface area (Å²) in [4.78, 5) is 10.9. The van der Waals surface area contributed by atoms with E-state index in [1.807, 2.05) is 13.8 Å². The molecule has 0 atom stereocenters. The first-order valence-electron chi connectivity index (χ1n) is 5.01. The molecule has 3 nitrogen and oxygen atoms in total. The first kappa shape index (κ1) is 12.0. The predicted octanol–water partition coefficient (Wildman–Crippen LogP) is 3.20. The Hall–Kier alpha value is -1.49. The molecular formula is C12H10BrFN2O. The molecule has 0 saturated heterocycles. The predicted molar refractivity (Wildman–Crippen MR) is 66.1 cm³/mol. The van der Waals surface area contributed by atoms with E-state index in [1.54, 1.807) is 10.7 Å². The summed E-state index contributed by atoms with van der Waals surface area (Å²) >= 11 is 3.41. The summed E-state index contributed by atoms with van der Waals surface area (Å²) in [6.07, 6.45) is 0.628. The summed E-state index contributed by atoms with van der Waals surface area (Å²) < 4.78 is 15.6. The van der Waals surface area contributed by atoms with E-state index in [0.717, 1.165) is 15.9 Å². The molecule has 5 heteroatoms. The van der Waals surface area contributed by atoms with Crippen molar-refractivity contribution in [1.82, 2.24) is 9.78 Å². The van der Waals surface area contributed by atoms with Gasteiger partial charge in [-0.25, -0.2) is 9.07 Å². The number of aryl methyl sites for hydroxylation is 1. The van der Waals surface area contributed by atoms with Gasteiger partial charge in [-0.15, -0.1) is 0 Å². The highest BCUT2D eigenvalue weighted by Gasteiger charge is 2.13. The van der Waals surface area contributed by atoms with Crippen LogP contribution in [0.3, 0.4) is 0 Å². The zero-order chi connectivity index (χ0) is 12.6. The van der Waals surface area contributed by atoms with E-state index in [9.17, 15) is 9.18 Å². The van der Waals surface area contributed by atoms with Crippen molar-refractivity contribution in [1.29, 1.82) is 0 Å². The highest BCUT2D eigenvalue weighted by molar-refractivity contribution is 9.10. The number of carbonyl (C=O) groups excluding carboxylic acids is 1. The van der Waals surface area contributed by atoms with Gasteiger partial charge in [-0.3, -0.25) is 4.79 Å². The van der Waals surface area contributed by atoms with Crippen LogP contribution >= 0.6 is 15.9 Å². The van der Waals surface area contributed by atoms with Crippen LogP contribution in [0.2, 0.25) is 0 Å². The van der Waals surface area contributed by atoms with Crippen LogP contribution in [-0.4, -0.2) is 16.1 Å². The maximum Gasteiger partial charge on any atom is 0.152 e. The van der Waals surface area contributed by atoms with Crippen LogP contribution in [0.1, 0.15) is 21.7 Å². The molecule has 0 fully saturated rings. The Morgan fingerprint density at radius 2 is 2.12 bits per heavy atom. The average molecular weight is 297 g/mol. The Labute approximate surface area is 106 Å². The molecule has 0 aliphatic carbocycles. The zero-order valence-corrected chi connectivity index (χ0v) is 11.0. The lowest BCUT2D eigenvalue weighted by Gasteiger charge is -2.07. The number of aromatic nitrogens is 2. The van der Waals surface area contributed by atoms with Gasteiger partial charge in [0, 0.05) is 5.56 Å². The molecule has 1 heterocycles. The molecular weight excluding hydrogens is 287 g/mol. The molecule has 17 heavy (non-hydrogen) atoms. The average Bonchev–Trinajstić information content (AvgIpc) is 2.57. The van der Waals surface area contributed by atoms with Crippen LogP contribution in [-0.2, 0) is 0 Å². The zero-order valence-electron chi connectivity index (χ0n) is 9.37. The molecule has 0 aliphatic rings. The summed E-state index contributed by atoms with van der Waals surface area (Å²) in [6.45, 7) is 3.74. The maximum absolute atomic E-state index is 13.0. The van der Waals surface area contributed by atoms with Gasteiger partial charge < -0.3 is 0 Å². The normalized spacial score (nSPS) is 10.6. The highest BCUT2D eigenvalue weighted by atomic mass is 79.9. The van der Waals surface area contributed by atoms with E-state index in [4.69, 9.17) is 0 Å². The van der Waals surface area contributed by atoms with Crippen molar-refractivity contribution in [3.8, 4) is 5.69 Å². The summed E-state index contributed by atoms with van der Waals surface area (Å²) in [5.74, 6) is -0.434. The fourth-order valence-electron chi connectivity index (χ4n) is 1.67. The van der Waals surface area contributed by atoms with E-state index in [-0.39, 0.29) is 5.56 Å². The smallest absolute Gasteiger partial charge is 0.152 e. The lowest BCUT2D eigenvalue weighted by atomic mass is 10.2. The van der Waals surface area contributed by atoms with E-state index >= 15 is 0 Å². The van der Waals surface area contributed by atoms with Gasteiger partial charge in [-0.05, 0) is 48.0 Å². The minimum absolute atomic E-state index is 0.281. The van der Waals surface area contributed by atoms with E-state index < -0.39 is 5.82 Å². The van der Waals surface area contributed by atoms with Crippen molar-refractivity contribution >= 4 is 22.2 Å². The van der Waals surface area contributed by atoms with Gasteiger partial charge in [-0.2, -0.15) is 5.10 Å². The first-order valence-corrected chi connectivity index (χ1v) is 5.80. The van der Waals surface area contributed by atoms with Gasteiger partial charge in [0.25, 0.3) is 0 Å². The number of hydrogen-bond acceptors (Lipinski definition) is 2. The number of nitrogens with zero attached hydrogens (tertiary/aromatic N) is 2. The van der Waals surface area contributed by atoms with Crippen molar-refractivity contribution in [2.45, 2.75) is 13.8 Å². The van der Waals surface area contributed by atoms with Crippen LogP contribution in [0.25, 0.3) is 5.69 Å². The molecule has 0 N–H and O–H groups in total. The highest BCUT2D eigenvalue weighted by Crippen LogP contribution is 2.24.